The van der Waals surface area contributed by atoms with E-state index in [1.165, 1.54) is 6.42 Å². The molecule has 1 aromatic heterocycles. The van der Waals surface area contributed by atoms with Crippen molar-refractivity contribution in [2.75, 3.05) is 0 Å². The van der Waals surface area contributed by atoms with Crippen LogP contribution in [0.3, 0.4) is 0 Å². The van der Waals surface area contributed by atoms with Gasteiger partial charge in [0.2, 0.25) is 11.7 Å². The van der Waals surface area contributed by atoms with E-state index in [2.05, 4.69) is 10.1 Å². The Kier molecular flexibility index (Phi) is 5.20. The van der Waals surface area contributed by atoms with Gasteiger partial charge in [0.05, 0.1) is 5.54 Å². The van der Waals surface area contributed by atoms with Gasteiger partial charge in [0.15, 0.2) is 6.61 Å². The number of benzene rings is 1. The van der Waals surface area contributed by atoms with Crippen LogP contribution in [0.25, 0.3) is 0 Å². The molecule has 0 saturated heterocycles. The van der Waals surface area contributed by atoms with E-state index < -0.39 is 5.54 Å². The van der Waals surface area contributed by atoms with Gasteiger partial charge in [-0.25, -0.2) is 0 Å². The summed E-state index contributed by atoms with van der Waals surface area (Å²) in [6, 6.07) is 9.58. The molecule has 1 aliphatic carbocycles. The molecule has 0 aliphatic heterocycles. The Morgan fingerprint density at radius 2 is 1.86 bits per heavy atom. The van der Waals surface area contributed by atoms with E-state index in [9.17, 15) is 0 Å². The third-order valence-electron chi connectivity index (χ3n) is 3.75. The third-order valence-corrected chi connectivity index (χ3v) is 3.75. The molecule has 3 rings (SSSR count). The minimum absolute atomic E-state index is 0. The second kappa shape index (κ2) is 6.91. The van der Waals surface area contributed by atoms with Crippen molar-refractivity contribution in [3.63, 3.8) is 0 Å². The summed E-state index contributed by atoms with van der Waals surface area (Å²) in [5, 5.41) is 3.96. The number of nitrogens with two attached hydrogens (primary N) is 1. The zero-order chi connectivity index (χ0) is 13.8. The van der Waals surface area contributed by atoms with E-state index in [1.807, 2.05) is 30.3 Å². The number of ether oxygens (including phenoxy) is 1. The fourth-order valence-corrected chi connectivity index (χ4v) is 2.58. The second-order valence-electron chi connectivity index (χ2n) is 5.33. The molecule has 5 nitrogen and oxygen atoms in total. The minimum atomic E-state index is -0.448. The summed E-state index contributed by atoms with van der Waals surface area (Å²) >= 11 is 0. The first-order valence-electron chi connectivity index (χ1n) is 7.06. The summed E-state index contributed by atoms with van der Waals surface area (Å²) in [5.41, 5.74) is 5.92. The summed E-state index contributed by atoms with van der Waals surface area (Å²) in [7, 11) is 0. The SMILES string of the molecule is Cl.NC1(c2nc(COc3ccccc3)no2)CCCCC1. The predicted octanol–water partition coefficient (Wildman–Crippen LogP) is 3.19. The van der Waals surface area contributed by atoms with Gasteiger partial charge < -0.3 is 15.0 Å². The quantitative estimate of drug-likeness (QED) is 0.938. The minimum Gasteiger partial charge on any atom is -0.485 e. The molecule has 0 spiro atoms. The molecule has 0 radical (unpaired) electrons. The van der Waals surface area contributed by atoms with Gasteiger partial charge in [0.25, 0.3) is 0 Å². The molecule has 6 heteroatoms. The average molecular weight is 310 g/mol. The van der Waals surface area contributed by atoms with Crippen LogP contribution in [0.4, 0.5) is 0 Å². The molecule has 0 atom stereocenters. The lowest BCUT2D eigenvalue weighted by atomic mass is 9.82. The molecule has 21 heavy (non-hydrogen) atoms. The summed E-state index contributed by atoms with van der Waals surface area (Å²) in [6.07, 6.45) is 5.29. The lowest BCUT2D eigenvalue weighted by molar-refractivity contribution is 0.218. The highest BCUT2D eigenvalue weighted by atomic mass is 35.5. The van der Waals surface area contributed by atoms with Gasteiger partial charge >= 0.3 is 0 Å². The van der Waals surface area contributed by atoms with E-state index in [1.54, 1.807) is 0 Å². The third kappa shape index (κ3) is 3.74. The van der Waals surface area contributed by atoms with Crippen molar-refractivity contribution in [2.24, 2.45) is 5.73 Å². The first-order valence-corrected chi connectivity index (χ1v) is 7.06. The molecule has 1 saturated carbocycles. The predicted molar refractivity (Wildman–Crippen MR) is 81.3 cm³/mol. The molecule has 0 bridgehead atoms. The largest absolute Gasteiger partial charge is 0.485 e. The van der Waals surface area contributed by atoms with Gasteiger partial charge in [0, 0.05) is 0 Å². The number of halogens is 1. The fourth-order valence-electron chi connectivity index (χ4n) is 2.58. The van der Waals surface area contributed by atoms with Gasteiger partial charge in [-0.2, -0.15) is 4.98 Å². The molecule has 2 aromatic rings. The summed E-state index contributed by atoms with van der Waals surface area (Å²) in [6.45, 7) is 0.295. The summed E-state index contributed by atoms with van der Waals surface area (Å²) < 4.78 is 10.9. The Bertz CT molecular complexity index is 553. The van der Waals surface area contributed by atoms with Crippen LogP contribution in [0.2, 0.25) is 0 Å². The first-order chi connectivity index (χ1) is 9.76. The highest BCUT2D eigenvalue weighted by Crippen LogP contribution is 2.33. The Labute approximate surface area is 130 Å². The van der Waals surface area contributed by atoms with Crippen LogP contribution in [-0.2, 0) is 12.1 Å². The van der Waals surface area contributed by atoms with Gasteiger partial charge in [0.1, 0.15) is 5.75 Å². The van der Waals surface area contributed by atoms with Crippen molar-refractivity contribution in [1.29, 1.82) is 0 Å². The van der Waals surface area contributed by atoms with Crippen LogP contribution in [0.1, 0.15) is 43.8 Å². The van der Waals surface area contributed by atoms with Crippen LogP contribution in [-0.4, -0.2) is 10.1 Å². The van der Waals surface area contributed by atoms with Crippen molar-refractivity contribution in [2.45, 2.75) is 44.2 Å². The van der Waals surface area contributed by atoms with Crippen LogP contribution >= 0.6 is 12.4 Å². The molecule has 1 fully saturated rings. The normalized spacial score (nSPS) is 17.0. The second-order valence-corrected chi connectivity index (χ2v) is 5.33. The van der Waals surface area contributed by atoms with E-state index in [-0.39, 0.29) is 12.4 Å². The molecular formula is C15H20ClN3O2. The van der Waals surface area contributed by atoms with E-state index in [0.29, 0.717) is 18.3 Å². The maximum atomic E-state index is 6.36. The van der Waals surface area contributed by atoms with Gasteiger partial charge in [-0.15, -0.1) is 12.4 Å². The number of para-hydroxylation sites is 1. The maximum Gasteiger partial charge on any atom is 0.246 e. The zero-order valence-corrected chi connectivity index (χ0v) is 12.6. The Balaban J connectivity index is 0.00000161. The first kappa shape index (κ1) is 15.8. The lowest BCUT2D eigenvalue weighted by Gasteiger charge is -2.29. The zero-order valence-electron chi connectivity index (χ0n) is 11.8. The van der Waals surface area contributed by atoms with Gasteiger partial charge in [-0.05, 0) is 25.0 Å². The molecule has 1 aromatic carbocycles. The molecule has 1 aliphatic rings. The Morgan fingerprint density at radius 1 is 1.14 bits per heavy atom. The lowest BCUT2D eigenvalue weighted by Crippen LogP contribution is -2.39. The highest BCUT2D eigenvalue weighted by Gasteiger charge is 2.35. The molecule has 114 valence electrons. The van der Waals surface area contributed by atoms with E-state index in [4.69, 9.17) is 15.0 Å². The Hall–Kier alpha value is -1.59. The number of hydrogen-bond donors (Lipinski definition) is 1. The van der Waals surface area contributed by atoms with Crippen molar-refractivity contribution >= 4 is 12.4 Å². The monoisotopic (exact) mass is 309 g/mol. The van der Waals surface area contributed by atoms with E-state index >= 15 is 0 Å². The average Bonchev–Trinajstić information content (AvgIpc) is 2.97. The van der Waals surface area contributed by atoms with Crippen LogP contribution in [0.5, 0.6) is 5.75 Å². The fraction of sp³-hybridized carbons (Fsp3) is 0.467. The maximum absolute atomic E-state index is 6.36. The summed E-state index contributed by atoms with van der Waals surface area (Å²) in [5.74, 6) is 1.88. The number of aromatic nitrogens is 2. The molecule has 2 N–H and O–H groups in total. The number of nitrogens with zero attached hydrogens (tertiary/aromatic N) is 2. The van der Waals surface area contributed by atoms with Crippen LogP contribution in [0.15, 0.2) is 34.9 Å². The number of rotatable bonds is 4. The van der Waals surface area contributed by atoms with Crippen molar-refractivity contribution in [1.82, 2.24) is 10.1 Å². The van der Waals surface area contributed by atoms with Crippen molar-refractivity contribution in [3.8, 4) is 5.75 Å². The highest BCUT2D eigenvalue weighted by molar-refractivity contribution is 5.85. The molecule has 1 heterocycles. The topological polar surface area (TPSA) is 74.2 Å². The Morgan fingerprint density at radius 3 is 2.57 bits per heavy atom. The standard InChI is InChI=1S/C15H19N3O2.ClH/c16-15(9-5-2-6-10-15)14-17-13(18-20-14)11-19-12-7-3-1-4-8-12;/h1,3-4,7-8H,2,5-6,9-11,16H2;1H. The van der Waals surface area contributed by atoms with Gasteiger partial charge in [-0.3, -0.25) is 0 Å². The molecule has 0 amide bonds. The van der Waals surface area contributed by atoms with Gasteiger partial charge in [-0.1, -0.05) is 42.6 Å². The molecule has 0 unspecified atom stereocenters. The number of hydrogen-bond acceptors (Lipinski definition) is 5. The van der Waals surface area contributed by atoms with Crippen LogP contribution in [0, 0.1) is 0 Å². The van der Waals surface area contributed by atoms with Crippen molar-refractivity contribution < 1.29 is 9.26 Å². The van der Waals surface area contributed by atoms with Crippen molar-refractivity contribution in [3.05, 3.63) is 42.0 Å². The summed E-state index contributed by atoms with van der Waals surface area (Å²) in [4.78, 5) is 4.39. The smallest absolute Gasteiger partial charge is 0.246 e. The van der Waals surface area contributed by atoms with Crippen LogP contribution < -0.4 is 10.5 Å². The van der Waals surface area contributed by atoms with E-state index in [0.717, 1.165) is 31.4 Å². The molecular weight excluding hydrogens is 290 g/mol.